The van der Waals surface area contributed by atoms with Crippen LogP contribution >= 0.6 is 0 Å². The molecule has 0 N–H and O–H groups in total. The standard InChI is InChI=1S/C13H14O2/c1-2-11-3-5-13(6-4-11)15-10-12-7-8-14-9-12/h3-9H,2,10H2,1H3. The number of hydrogen-bond acceptors (Lipinski definition) is 2. The minimum Gasteiger partial charge on any atom is -0.489 e. The van der Waals surface area contributed by atoms with Gasteiger partial charge in [0.25, 0.3) is 0 Å². The van der Waals surface area contributed by atoms with Gasteiger partial charge in [0, 0.05) is 5.56 Å². The molecule has 2 rings (SSSR count). The van der Waals surface area contributed by atoms with Crippen molar-refractivity contribution >= 4 is 0 Å². The van der Waals surface area contributed by atoms with Crippen molar-refractivity contribution in [3.05, 3.63) is 54.0 Å². The highest BCUT2D eigenvalue weighted by Crippen LogP contribution is 2.14. The molecule has 0 aliphatic carbocycles. The van der Waals surface area contributed by atoms with Crippen LogP contribution in [0.2, 0.25) is 0 Å². The normalized spacial score (nSPS) is 10.2. The monoisotopic (exact) mass is 202 g/mol. The Kier molecular flexibility index (Phi) is 3.08. The van der Waals surface area contributed by atoms with Gasteiger partial charge in [0.1, 0.15) is 12.4 Å². The summed E-state index contributed by atoms with van der Waals surface area (Å²) < 4.78 is 10.5. The fraction of sp³-hybridized carbons (Fsp3) is 0.231. The first kappa shape index (κ1) is 9.84. The number of benzene rings is 1. The Hall–Kier alpha value is -1.70. The highest BCUT2D eigenvalue weighted by molar-refractivity contribution is 5.27. The molecule has 2 aromatic rings. The van der Waals surface area contributed by atoms with E-state index in [0.717, 1.165) is 17.7 Å². The van der Waals surface area contributed by atoms with E-state index < -0.39 is 0 Å². The van der Waals surface area contributed by atoms with Crippen LogP contribution in [0.3, 0.4) is 0 Å². The van der Waals surface area contributed by atoms with Crippen LogP contribution in [0.4, 0.5) is 0 Å². The molecule has 78 valence electrons. The summed E-state index contributed by atoms with van der Waals surface area (Å²) in [6.45, 7) is 2.70. The zero-order chi connectivity index (χ0) is 10.5. The maximum Gasteiger partial charge on any atom is 0.119 e. The van der Waals surface area contributed by atoms with E-state index in [4.69, 9.17) is 9.15 Å². The summed E-state index contributed by atoms with van der Waals surface area (Å²) >= 11 is 0. The van der Waals surface area contributed by atoms with Crippen molar-refractivity contribution < 1.29 is 9.15 Å². The molecule has 0 radical (unpaired) electrons. The number of rotatable bonds is 4. The average Bonchev–Trinajstić information content (AvgIpc) is 2.80. The smallest absolute Gasteiger partial charge is 0.119 e. The molecule has 15 heavy (non-hydrogen) atoms. The fourth-order valence-corrected chi connectivity index (χ4v) is 1.36. The summed E-state index contributed by atoms with van der Waals surface area (Å²) in [5.41, 5.74) is 2.38. The van der Waals surface area contributed by atoms with Gasteiger partial charge in [-0.1, -0.05) is 19.1 Å². The van der Waals surface area contributed by atoms with E-state index in [9.17, 15) is 0 Å². The molecule has 0 fully saturated rings. The van der Waals surface area contributed by atoms with Crippen LogP contribution in [0.5, 0.6) is 5.75 Å². The molecule has 0 aliphatic rings. The molecule has 2 nitrogen and oxygen atoms in total. The van der Waals surface area contributed by atoms with Crippen molar-refractivity contribution in [2.75, 3.05) is 0 Å². The van der Waals surface area contributed by atoms with Gasteiger partial charge in [-0.25, -0.2) is 0 Å². The van der Waals surface area contributed by atoms with Crippen molar-refractivity contribution in [3.63, 3.8) is 0 Å². The molecule has 0 aliphatic heterocycles. The number of furan rings is 1. The SMILES string of the molecule is CCc1ccc(OCc2ccoc2)cc1. The Morgan fingerprint density at radius 3 is 2.47 bits per heavy atom. The van der Waals surface area contributed by atoms with E-state index in [1.165, 1.54) is 5.56 Å². The van der Waals surface area contributed by atoms with E-state index >= 15 is 0 Å². The second-order valence-corrected chi connectivity index (χ2v) is 3.42. The summed E-state index contributed by atoms with van der Waals surface area (Å²) in [5, 5.41) is 0. The van der Waals surface area contributed by atoms with Gasteiger partial charge in [-0.2, -0.15) is 0 Å². The fourth-order valence-electron chi connectivity index (χ4n) is 1.36. The topological polar surface area (TPSA) is 22.4 Å². The Morgan fingerprint density at radius 1 is 1.07 bits per heavy atom. The molecule has 0 saturated heterocycles. The van der Waals surface area contributed by atoms with Crippen LogP contribution in [0.1, 0.15) is 18.1 Å². The summed E-state index contributed by atoms with van der Waals surface area (Å²) in [4.78, 5) is 0. The lowest BCUT2D eigenvalue weighted by Gasteiger charge is -2.04. The van der Waals surface area contributed by atoms with Crippen LogP contribution in [0.25, 0.3) is 0 Å². The third-order valence-electron chi connectivity index (χ3n) is 2.32. The molecular weight excluding hydrogens is 188 g/mol. The minimum atomic E-state index is 0.558. The first-order chi connectivity index (χ1) is 7.38. The highest BCUT2D eigenvalue weighted by Gasteiger charge is 1.96. The Balaban J connectivity index is 1.93. The van der Waals surface area contributed by atoms with Gasteiger partial charge < -0.3 is 9.15 Å². The Morgan fingerprint density at radius 2 is 1.87 bits per heavy atom. The lowest BCUT2D eigenvalue weighted by Crippen LogP contribution is -1.93. The van der Waals surface area contributed by atoms with Gasteiger partial charge in [0.15, 0.2) is 0 Å². The van der Waals surface area contributed by atoms with Crippen LogP contribution in [-0.4, -0.2) is 0 Å². The lowest BCUT2D eigenvalue weighted by molar-refractivity contribution is 0.304. The quantitative estimate of drug-likeness (QED) is 0.758. The van der Waals surface area contributed by atoms with Crippen LogP contribution in [0.15, 0.2) is 47.3 Å². The van der Waals surface area contributed by atoms with Crippen LogP contribution in [-0.2, 0) is 13.0 Å². The average molecular weight is 202 g/mol. The first-order valence-electron chi connectivity index (χ1n) is 5.11. The molecule has 0 saturated carbocycles. The Labute approximate surface area is 89.5 Å². The van der Waals surface area contributed by atoms with Gasteiger partial charge in [0.05, 0.1) is 12.5 Å². The number of hydrogen-bond donors (Lipinski definition) is 0. The maximum absolute atomic E-state index is 5.59. The zero-order valence-corrected chi connectivity index (χ0v) is 8.77. The van der Waals surface area contributed by atoms with Crippen molar-refractivity contribution in [2.24, 2.45) is 0 Å². The van der Waals surface area contributed by atoms with Crippen LogP contribution < -0.4 is 4.74 Å². The van der Waals surface area contributed by atoms with Gasteiger partial charge in [0.2, 0.25) is 0 Å². The van der Waals surface area contributed by atoms with Gasteiger partial charge >= 0.3 is 0 Å². The van der Waals surface area contributed by atoms with E-state index in [0.29, 0.717) is 6.61 Å². The van der Waals surface area contributed by atoms with Crippen molar-refractivity contribution in [2.45, 2.75) is 20.0 Å². The molecule has 0 bridgehead atoms. The molecule has 0 atom stereocenters. The number of ether oxygens (including phenoxy) is 1. The predicted octanol–water partition coefficient (Wildman–Crippen LogP) is 3.42. The third-order valence-corrected chi connectivity index (χ3v) is 2.32. The molecule has 2 heteroatoms. The second-order valence-electron chi connectivity index (χ2n) is 3.42. The Bertz CT molecular complexity index is 387. The maximum atomic E-state index is 5.59. The van der Waals surface area contributed by atoms with Crippen molar-refractivity contribution in [1.82, 2.24) is 0 Å². The summed E-state index contributed by atoms with van der Waals surface area (Å²) in [6.07, 6.45) is 4.40. The molecule has 1 heterocycles. The van der Waals surface area contributed by atoms with Gasteiger partial charge in [-0.15, -0.1) is 0 Å². The van der Waals surface area contributed by atoms with E-state index in [-0.39, 0.29) is 0 Å². The molecular formula is C13H14O2. The largest absolute Gasteiger partial charge is 0.489 e. The van der Waals surface area contributed by atoms with Crippen molar-refractivity contribution in [3.8, 4) is 5.75 Å². The molecule has 0 spiro atoms. The molecule has 0 unspecified atom stereocenters. The van der Waals surface area contributed by atoms with E-state index in [1.807, 2.05) is 18.2 Å². The lowest BCUT2D eigenvalue weighted by atomic mass is 10.2. The predicted molar refractivity (Wildman–Crippen MR) is 58.9 cm³/mol. The van der Waals surface area contributed by atoms with Crippen molar-refractivity contribution in [1.29, 1.82) is 0 Å². The molecule has 1 aromatic heterocycles. The van der Waals surface area contributed by atoms with E-state index in [1.54, 1.807) is 12.5 Å². The second kappa shape index (κ2) is 4.69. The third kappa shape index (κ3) is 2.62. The van der Waals surface area contributed by atoms with Gasteiger partial charge in [-0.05, 0) is 30.2 Å². The zero-order valence-electron chi connectivity index (χ0n) is 8.77. The van der Waals surface area contributed by atoms with Gasteiger partial charge in [-0.3, -0.25) is 0 Å². The number of aryl methyl sites for hydroxylation is 1. The van der Waals surface area contributed by atoms with E-state index in [2.05, 4.69) is 19.1 Å². The highest BCUT2D eigenvalue weighted by atomic mass is 16.5. The van der Waals surface area contributed by atoms with Crippen LogP contribution in [0, 0.1) is 0 Å². The molecule has 0 amide bonds. The molecule has 1 aromatic carbocycles. The first-order valence-corrected chi connectivity index (χ1v) is 5.11. The minimum absolute atomic E-state index is 0.558. The summed E-state index contributed by atoms with van der Waals surface area (Å²) in [5.74, 6) is 0.897. The summed E-state index contributed by atoms with van der Waals surface area (Å²) in [6, 6.07) is 10.1. The summed E-state index contributed by atoms with van der Waals surface area (Å²) in [7, 11) is 0.